The van der Waals surface area contributed by atoms with E-state index in [0.717, 1.165) is 22.4 Å². The monoisotopic (exact) mass is 262 g/mol. The molecule has 0 unspecified atom stereocenters. The summed E-state index contributed by atoms with van der Waals surface area (Å²) in [6.45, 7) is 1.98. The molecule has 98 valence electrons. The number of imidazole rings is 1. The van der Waals surface area contributed by atoms with E-state index >= 15 is 0 Å². The number of aryl methyl sites for hydroxylation is 1. The highest BCUT2D eigenvalue weighted by molar-refractivity contribution is 5.95. The second-order valence-corrected chi connectivity index (χ2v) is 4.98. The van der Waals surface area contributed by atoms with E-state index in [0.29, 0.717) is 5.82 Å². The molecule has 3 aromatic heterocycles. The van der Waals surface area contributed by atoms with Crippen LogP contribution in [0.4, 0.5) is 5.82 Å². The van der Waals surface area contributed by atoms with Crippen LogP contribution in [0, 0.1) is 6.92 Å². The molecule has 0 fully saturated rings. The average Bonchev–Trinajstić information content (AvgIpc) is 3.01. The van der Waals surface area contributed by atoms with Crippen molar-refractivity contribution in [2.75, 3.05) is 5.73 Å². The number of nitrogens with two attached hydrogens (primary N) is 1. The van der Waals surface area contributed by atoms with Crippen LogP contribution in [0.3, 0.4) is 0 Å². The smallest absolute Gasteiger partial charge is 0.145 e. The van der Waals surface area contributed by atoms with Crippen molar-refractivity contribution >= 4 is 22.4 Å². The van der Waals surface area contributed by atoms with Gasteiger partial charge in [-0.1, -0.05) is 18.2 Å². The van der Waals surface area contributed by atoms with Gasteiger partial charge in [0.15, 0.2) is 0 Å². The zero-order valence-electron chi connectivity index (χ0n) is 11.1. The van der Waals surface area contributed by atoms with E-state index in [2.05, 4.69) is 40.4 Å². The number of rotatable bonds is 1. The summed E-state index contributed by atoms with van der Waals surface area (Å²) in [5.74, 6) is 0.584. The standard InChI is InChI=1S/C16H14N4/c1-10-16(17)19-15-7-6-11(9-20(10)15)13-8-18-14-5-3-2-4-12(13)14/h2-9,18H,17H2,1H3. The Morgan fingerprint density at radius 2 is 2.00 bits per heavy atom. The van der Waals surface area contributed by atoms with E-state index < -0.39 is 0 Å². The zero-order chi connectivity index (χ0) is 13.7. The van der Waals surface area contributed by atoms with Gasteiger partial charge in [0, 0.05) is 34.4 Å². The molecule has 4 aromatic rings. The molecule has 0 radical (unpaired) electrons. The summed E-state index contributed by atoms with van der Waals surface area (Å²) in [7, 11) is 0. The lowest BCUT2D eigenvalue weighted by atomic mass is 10.1. The lowest BCUT2D eigenvalue weighted by Crippen LogP contribution is -1.90. The Hall–Kier alpha value is -2.75. The molecule has 0 atom stereocenters. The Bertz CT molecular complexity index is 930. The van der Waals surface area contributed by atoms with Crippen LogP contribution >= 0.6 is 0 Å². The van der Waals surface area contributed by atoms with Crippen molar-refractivity contribution in [1.29, 1.82) is 0 Å². The Morgan fingerprint density at radius 3 is 2.90 bits per heavy atom. The van der Waals surface area contributed by atoms with Crippen molar-refractivity contribution < 1.29 is 0 Å². The SMILES string of the molecule is Cc1c(N)nc2ccc(-c3c[nH]c4ccccc34)cn12. The van der Waals surface area contributed by atoms with Gasteiger partial charge in [0.25, 0.3) is 0 Å². The number of pyridine rings is 1. The van der Waals surface area contributed by atoms with Gasteiger partial charge in [-0.3, -0.25) is 0 Å². The normalized spacial score (nSPS) is 11.4. The minimum Gasteiger partial charge on any atom is -0.382 e. The molecule has 0 spiro atoms. The predicted octanol–water partition coefficient (Wildman–Crippen LogP) is 3.37. The number of benzene rings is 1. The molecule has 3 N–H and O–H groups in total. The fraction of sp³-hybridized carbons (Fsp3) is 0.0625. The summed E-state index contributed by atoms with van der Waals surface area (Å²) in [5, 5.41) is 1.22. The number of hydrogen-bond acceptors (Lipinski definition) is 2. The Balaban J connectivity index is 2.00. The van der Waals surface area contributed by atoms with Crippen molar-refractivity contribution in [3.63, 3.8) is 0 Å². The molecule has 20 heavy (non-hydrogen) atoms. The fourth-order valence-electron chi connectivity index (χ4n) is 2.65. The average molecular weight is 262 g/mol. The molecule has 0 aliphatic heterocycles. The maximum atomic E-state index is 5.87. The van der Waals surface area contributed by atoms with Crippen LogP contribution in [0.2, 0.25) is 0 Å². The fourth-order valence-corrected chi connectivity index (χ4v) is 2.65. The van der Waals surface area contributed by atoms with Crippen LogP contribution in [-0.2, 0) is 0 Å². The lowest BCUT2D eigenvalue weighted by molar-refractivity contribution is 1.11. The van der Waals surface area contributed by atoms with Crippen molar-refractivity contribution in [1.82, 2.24) is 14.4 Å². The van der Waals surface area contributed by atoms with Crippen molar-refractivity contribution in [3.05, 3.63) is 54.5 Å². The number of anilines is 1. The molecule has 0 aliphatic rings. The number of nitrogens with one attached hydrogen (secondary N) is 1. The zero-order valence-corrected chi connectivity index (χ0v) is 11.1. The molecule has 0 saturated heterocycles. The molecular weight excluding hydrogens is 248 g/mol. The van der Waals surface area contributed by atoms with Crippen molar-refractivity contribution in [3.8, 4) is 11.1 Å². The first kappa shape index (κ1) is 11.1. The number of aromatic amines is 1. The van der Waals surface area contributed by atoms with Crippen molar-refractivity contribution in [2.45, 2.75) is 6.92 Å². The summed E-state index contributed by atoms with van der Waals surface area (Å²) < 4.78 is 2.03. The Labute approximate surface area is 115 Å². The minimum absolute atomic E-state index is 0.584. The maximum absolute atomic E-state index is 5.87. The van der Waals surface area contributed by atoms with Gasteiger partial charge >= 0.3 is 0 Å². The molecule has 0 saturated carbocycles. The molecule has 1 aromatic carbocycles. The largest absolute Gasteiger partial charge is 0.382 e. The summed E-state index contributed by atoms with van der Waals surface area (Å²) in [6, 6.07) is 12.4. The highest BCUT2D eigenvalue weighted by atomic mass is 15.1. The van der Waals surface area contributed by atoms with Crippen LogP contribution in [0.25, 0.3) is 27.7 Å². The third kappa shape index (κ3) is 1.45. The van der Waals surface area contributed by atoms with Crippen LogP contribution in [-0.4, -0.2) is 14.4 Å². The van der Waals surface area contributed by atoms with E-state index in [1.54, 1.807) is 0 Å². The number of H-pyrrole nitrogens is 1. The van der Waals surface area contributed by atoms with Crippen molar-refractivity contribution in [2.24, 2.45) is 0 Å². The highest BCUT2D eigenvalue weighted by Gasteiger charge is 2.09. The third-order valence-electron chi connectivity index (χ3n) is 3.79. The molecule has 0 amide bonds. The second kappa shape index (κ2) is 3.87. The molecular formula is C16H14N4. The first-order chi connectivity index (χ1) is 9.74. The topological polar surface area (TPSA) is 59.1 Å². The van der Waals surface area contributed by atoms with Gasteiger partial charge in [0.05, 0.1) is 5.69 Å². The summed E-state index contributed by atoms with van der Waals surface area (Å²) >= 11 is 0. The van der Waals surface area contributed by atoms with Crippen LogP contribution < -0.4 is 5.73 Å². The number of nitrogen functional groups attached to an aromatic ring is 1. The molecule has 4 nitrogen and oxygen atoms in total. The molecule has 0 bridgehead atoms. The van der Waals surface area contributed by atoms with Gasteiger partial charge in [0.1, 0.15) is 11.5 Å². The van der Waals surface area contributed by atoms with Gasteiger partial charge in [0.2, 0.25) is 0 Å². The van der Waals surface area contributed by atoms with Gasteiger partial charge in [-0.05, 0) is 25.1 Å². The Morgan fingerprint density at radius 1 is 1.15 bits per heavy atom. The number of para-hydroxylation sites is 1. The van der Waals surface area contributed by atoms with E-state index in [1.807, 2.05) is 29.7 Å². The van der Waals surface area contributed by atoms with Crippen LogP contribution in [0.1, 0.15) is 5.69 Å². The summed E-state index contributed by atoms with van der Waals surface area (Å²) in [4.78, 5) is 7.64. The molecule has 4 rings (SSSR count). The van der Waals surface area contributed by atoms with E-state index in [-0.39, 0.29) is 0 Å². The number of nitrogens with zero attached hydrogens (tertiary/aromatic N) is 2. The molecule has 0 aliphatic carbocycles. The maximum Gasteiger partial charge on any atom is 0.145 e. The van der Waals surface area contributed by atoms with Gasteiger partial charge in [-0.2, -0.15) is 0 Å². The third-order valence-corrected chi connectivity index (χ3v) is 3.79. The van der Waals surface area contributed by atoms with Crippen LogP contribution in [0.15, 0.2) is 48.8 Å². The van der Waals surface area contributed by atoms with E-state index in [1.165, 1.54) is 10.9 Å². The second-order valence-electron chi connectivity index (χ2n) is 4.98. The molecule has 3 heterocycles. The van der Waals surface area contributed by atoms with Gasteiger partial charge < -0.3 is 15.1 Å². The van der Waals surface area contributed by atoms with Gasteiger partial charge in [-0.25, -0.2) is 4.98 Å². The summed E-state index contributed by atoms with van der Waals surface area (Å²) in [6.07, 6.45) is 4.13. The van der Waals surface area contributed by atoms with Crippen LogP contribution in [0.5, 0.6) is 0 Å². The number of fused-ring (bicyclic) bond motifs is 2. The first-order valence-corrected chi connectivity index (χ1v) is 6.55. The minimum atomic E-state index is 0.584. The molecule has 4 heteroatoms. The summed E-state index contributed by atoms with van der Waals surface area (Å²) in [5.41, 5.74) is 11.2. The van der Waals surface area contributed by atoms with Gasteiger partial charge in [-0.15, -0.1) is 0 Å². The lowest BCUT2D eigenvalue weighted by Gasteiger charge is -2.02. The van der Waals surface area contributed by atoms with E-state index in [4.69, 9.17) is 5.73 Å². The highest BCUT2D eigenvalue weighted by Crippen LogP contribution is 2.29. The Kier molecular flexibility index (Phi) is 2.15. The van der Waals surface area contributed by atoms with E-state index in [9.17, 15) is 0 Å². The predicted molar refractivity (Wildman–Crippen MR) is 81.6 cm³/mol. The number of aromatic nitrogens is 3. The quantitative estimate of drug-likeness (QED) is 0.552. The first-order valence-electron chi connectivity index (χ1n) is 6.55. The number of hydrogen-bond donors (Lipinski definition) is 2.